The molecule has 0 saturated heterocycles. The number of likely N-dealkylation sites (N-methyl/N-ethyl adjacent to an activating group) is 1. The molecule has 2 aromatic rings. The maximum Gasteiger partial charge on any atom is 0.253 e. The molecular formula is C23H36IN5O2. The van der Waals surface area contributed by atoms with E-state index in [1.165, 1.54) is 0 Å². The van der Waals surface area contributed by atoms with Crippen LogP contribution in [-0.2, 0) is 6.54 Å². The first-order valence-electron chi connectivity index (χ1n) is 10.6. The van der Waals surface area contributed by atoms with Gasteiger partial charge in [0, 0.05) is 32.7 Å². The van der Waals surface area contributed by atoms with Gasteiger partial charge in [-0.2, -0.15) is 0 Å². The molecule has 172 valence electrons. The predicted octanol–water partition coefficient (Wildman–Crippen LogP) is 3.74. The monoisotopic (exact) mass is 541 g/mol. The van der Waals surface area contributed by atoms with Gasteiger partial charge in [0.1, 0.15) is 5.76 Å². The van der Waals surface area contributed by atoms with Crippen LogP contribution in [0.4, 0.5) is 0 Å². The number of halogens is 1. The van der Waals surface area contributed by atoms with Crippen molar-refractivity contribution in [1.29, 1.82) is 0 Å². The number of benzene rings is 1. The van der Waals surface area contributed by atoms with E-state index in [1.807, 2.05) is 43.3 Å². The number of rotatable bonds is 10. The van der Waals surface area contributed by atoms with Crippen LogP contribution in [0.15, 0.2) is 52.1 Å². The van der Waals surface area contributed by atoms with Crippen LogP contribution in [0.25, 0.3) is 0 Å². The zero-order chi connectivity index (χ0) is 21.9. The minimum atomic E-state index is 0. The van der Waals surface area contributed by atoms with Gasteiger partial charge in [0.05, 0.1) is 18.8 Å². The first kappa shape index (κ1) is 27.0. The lowest BCUT2D eigenvalue weighted by atomic mass is 10.1. The van der Waals surface area contributed by atoms with Gasteiger partial charge in [-0.1, -0.05) is 26.0 Å². The molecule has 2 N–H and O–H groups in total. The topological polar surface area (TPSA) is 73.1 Å². The van der Waals surface area contributed by atoms with Crippen molar-refractivity contribution in [2.24, 2.45) is 4.99 Å². The van der Waals surface area contributed by atoms with Gasteiger partial charge in [0.15, 0.2) is 5.96 Å². The van der Waals surface area contributed by atoms with Crippen LogP contribution in [-0.4, -0.2) is 61.9 Å². The highest BCUT2D eigenvalue weighted by Gasteiger charge is 2.20. The highest BCUT2D eigenvalue weighted by molar-refractivity contribution is 14.0. The van der Waals surface area contributed by atoms with Crippen LogP contribution in [0.5, 0.6) is 0 Å². The van der Waals surface area contributed by atoms with Gasteiger partial charge in [0.25, 0.3) is 5.91 Å². The summed E-state index contributed by atoms with van der Waals surface area (Å²) in [6.07, 6.45) is 1.72. The van der Waals surface area contributed by atoms with E-state index < -0.39 is 0 Å². The van der Waals surface area contributed by atoms with Gasteiger partial charge >= 0.3 is 0 Å². The number of amides is 1. The molecule has 1 aromatic heterocycles. The standard InChI is InChI=1S/C23H35N5O2.HI/c1-6-24-23(25-16-18-11-13-19(14-12-18)22(29)27(4)5)26-17-20(28(7-2)8-3)21-10-9-15-30-21;/h9-15,20H,6-8,16-17H2,1-5H3,(H2,24,25,26);1H. The largest absolute Gasteiger partial charge is 0.468 e. The molecule has 0 saturated carbocycles. The van der Waals surface area contributed by atoms with E-state index in [9.17, 15) is 4.79 Å². The quantitative estimate of drug-likeness (QED) is 0.273. The van der Waals surface area contributed by atoms with Crippen molar-refractivity contribution in [2.75, 3.05) is 40.3 Å². The number of carbonyl (C=O) groups is 1. The van der Waals surface area contributed by atoms with E-state index in [2.05, 4.69) is 29.4 Å². The van der Waals surface area contributed by atoms with E-state index >= 15 is 0 Å². The molecule has 1 heterocycles. The fraction of sp³-hybridized carbons (Fsp3) is 0.478. The number of nitrogens with zero attached hydrogens (tertiary/aromatic N) is 3. The Hall–Kier alpha value is -2.07. The lowest BCUT2D eigenvalue weighted by molar-refractivity contribution is 0.0827. The normalized spacial score (nSPS) is 12.3. The van der Waals surface area contributed by atoms with Gasteiger partial charge in [-0.25, -0.2) is 4.99 Å². The molecule has 1 atom stereocenters. The van der Waals surface area contributed by atoms with Crippen molar-refractivity contribution in [3.63, 3.8) is 0 Å². The highest BCUT2D eigenvalue weighted by atomic mass is 127. The lowest BCUT2D eigenvalue weighted by Gasteiger charge is -2.28. The minimum absolute atomic E-state index is 0. The van der Waals surface area contributed by atoms with Crippen LogP contribution in [0.2, 0.25) is 0 Å². The smallest absolute Gasteiger partial charge is 0.253 e. The van der Waals surface area contributed by atoms with Crippen molar-refractivity contribution < 1.29 is 9.21 Å². The zero-order valence-electron chi connectivity index (χ0n) is 19.2. The van der Waals surface area contributed by atoms with E-state index in [0.717, 1.165) is 36.9 Å². The number of carbonyl (C=O) groups excluding carboxylic acids is 1. The van der Waals surface area contributed by atoms with Crippen LogP contribution in [0.3, 0.4) is 0 Å². The van der Waals surface area contributed by atoms with Crippen LogP contribution in [0.1, 0.15) is 48.5 Å². The summed E-state index contributed by atoms with van der Waals surface area (Å²) in [6, 6.07) is 11.7. The van der Waals surface area contributed by atoms with Gasteiger partial charge in [0.2, 0.25) is 0 Å². The third kappa shape index (κ3) is 8.17. The Labute approximate surface area is 203 Å². The molecule has 0 aliphatic carbocycles. The Kier molecular flexibility index (Phi) is 12.2. The second-order valence-corrected chi connectivity index (χ2v) is 7.22. The molecule has 0 aliphatic rings. The Balaban J connectivity index is 0.00000480. The average Bonchev–Trinajstić information content (AvgIpc) is 3.29. The summed E-state index contributed by atoms with van der Waals surface area (Å²) in [5.74, 6) is 1.71. The summed E-state index contributed by atoms with van der Waals surface area (Å²) >= 11 is 0. The van der Waals surface area contributed by atoms with Gasteiger partial charge in [-0.05, 0) is 49.8 Å². The fourth-order valence-corrected chi connectivity index (χ4v) is 3.27. The summed E-state index contributed by atoms with van der Waals surface area (Å²) in [6.45, 7) is 10.2. The number of guanidine groups is 1. The van der Waals surface area contributed by atoms with Crippen molar-refractivity contribution >= 4 is 35.8 Å². The summed E-state index contributed by atoms with van der Waals surface area (Å²) in [4.78, 5) is 20.7. The number of hydrogen-bond acceptors (Lipinski definition) is 4. The zero-order valence-corrected chi connectivity index (χ0v) is 21.6. The molecule has 1 unspecified atom stereocenters. The maximum atomic E-state index is 12.0. The van der Waals surface area contributed by atoms with Gasteiger partial charge < -0.3 is 20.0 Å². The van der Waals surface area contributed by atoms with Crippen LogP contribution >= 0.6 is 24.0 Å². The molecule has 0 fully saturated rings. The molecule has 0 radical (unpaired) electrons. The third-order valence-corrected chi connectivity index (χ3v) is 4.96. The summed E-state index contributed by atoms with van der Waals surface area (Å²) in [7, 11) is 3.51. The molecule has 8 heteroatoms. The lowest BCUT2D eigenvalue weighted by Crippen LogP contribution is -2.43. The number of aliphatic imine (C=N–C) groups is 1. The maximum absolute atomic E-state index is 12.0. The van der Waals surface area contributed by atoms with E-state index in [0.29, 0.717) is 18.7 Å². The van der Waals surface area contributed by atoms with Crippen molar-refractivity contribution in [2.45, 2.75) is 33.4 Å². The first-order valence-corrected chi connectivity index (χ1v) is 10.6. The molecule has 1 aromatic carbocycles. The van der Waals surface area contributed by atoms with Crippen molar-refractivity contribution in [3.05, 3.63) is 59.5 Å². The molecular weight excluding hydrogens is 505 g/mol. The molecule has 2 rings (SSSR count). The van der Waals surface area contributed by atoms with Gasteiger partial charge in [-0.3, -0.25) is 9.69 Å². The minimum Gasteiger partial charge on any atom is -0.468 e. The number of furan rings is 1. The first-order chi connectivity index (χ1) is 14.5. The number of hydrogen-bond donors (Lipinski definition) is 2. The predicted molar refractivity (Wildman–Crippen MR) is 137 cm³/mol. The Bertz CT molecular complexity index is 787. The summed E-state index contributed by atoms with van der Waals surface area (Å²) in [5, 5.41) is 6.75. The van der Waals surface area contributed by atoms with E-state index in [1.54, 1.807) is 25.3 Å². The number of nitrogens with one attached hydrogen (secondary N) is 2. The fourth-order valence-electron chi connectivity index (χ4n) is 3.27. The summed E-state index contributed by atoms with van der Waals surface area (Å²) in [5.41, 5.74) is 1.73. The Morgan fingerprint density at radius 2 is 1.74 bits per heavy atom. The molecule has 0 spiro atoms. The third-order valence-electron chi connectivity index (χ3n) is 4.96. The Morgan fingerprint density at radius 1 is 1.06 bits per heavy atom. The molecule has 1 amide bonds. The van der Waals surface area contributed by atoms with Crippen LogP contribution < -0.4 is 10.6 Å². The Morgan fingerprint density at radius 3 is 2.26 bits per heavy atom. The summed E-state index contributed by atoms with van der Waals surface area (Å²) < 4.78 is 5.68. The van der Waals surface area contributed by atoms with E-state index in [4.69, 9.17) is 9.41 Å². The molecule has 0 aliphatic heterocycles. The molecule has 31 heavy (non-hydrogen) atoms. The SMILES string of the molecule is CCNC(=NCc1ccc(C(=O)N(C)C)cc1)NCC(c1ccco1)N(CC)CC.I. The second-order valence-electron chi connectivity index (χ2n) is 7.22. The molecule has 7 nitrogen and oxygen atoms in total. The van der Waals surface area contributed by atoms with Crippen LogP contribution in [0, 0.1) is 0 Å². The van der Waals surface area contributed by atoms with Crippen molar-refractivity contribution in [1.82, 2.24) is 20.4 Å². The average molecular weight is 541 g/mol. The highest BCUT2D eigenvalue weighted by Crippen LogP contribution is 2.20. The van der Waals surface area contributed by atoms with Gasteiger partial charge in [-0.15, -0.1) is 24.0 Å². The molecule has 0 bridgehead atoms. The van der Waals surface area contributed by atoms with E-state index in [-0.39, 0.29) is 35.9 Å². The second kappa shape index (κ2) is 14.1. The van der Waals surface area contributed by atoms with Crippen molar-refractivity contribution in [3.8, 4) is 0 Å².